The Bertz CT molecular complexity index is 476. The quantitative estimate of drug-likeness (QED) is 0.930. The molecule has 1 aliphatic rings. The van der Waals surface area contributed by atoms with E-state index in [0.717, 1.165) is 13.1 Å². The average Bonchev–Trinajstić information content (AvgIpc) is 2.48. The van der Waals surface area contributed by atoms with Gasteiger partial charge in [0.25, 0.3) is 0 Å². The molecule has 0 bridgehead atoms. The van der Waals surface area contributed by atoms with Crippen LogP contribution in [0.25, 0.3) is 0 Å². The summed E-state index contributed by atoms with van der Waals surface area (Å²) in [5.41, 5.74) is 6.75. The summed E-state index contributed by atoms with van der Waals surface area (Å²) in [5, 5.41) is 0. The molecule has 1 aliphatic heterocycles. The lowest BCUT2D eigenvalue weighted by atomic mass is 10.0. The summed E-state index contributed by atoms with van der Waals surface area (Å²) in [5.74, 6) is 0. The molecule has 0 aliphatic carbocycles. The zero-order valence-corrected chi connectivity index (χ0v) is 13.8. The van der Waals surface area contributed by atoms with Crippen molar-refractivity contribution in [1.82, 2.24) is 9.80 Å². The van der Waals surface area contributed by atoms with Gasteiger partial charge in [-0.15, -0.1) is 0 Å². The molecule has 1 amide bonds. The monoisotopic (exact) mass is 305 g/mol. The lowest BCUT2D eigenvalue weighted by Crippen LogP contribution is -2.51. The van der Waals surface area contributed by atoms with Crippen molar-refractivity contribution < 1.29 is 9.53 Å². The first-order chi connectivity index (χ1) is 10.4. The van der Waals surface area contributed by atoms with E-state index in [4.69, 9.17) is 10.5 Å². The third-order valence-electron chi connectivity index (χ3n) is 3.81. The normalized spacial score (nSPS) is 18.1. The summed E-state index contributed by atoms with van der Waals surface area (Å²) in [6.07, 6.45) is -0.226. The van der Waals surface area contributed by atoms with Crippen LogP contribution in [-0.4, -0.2) is 54.2 Å². The van der Waals surface area contributed by atoms with E-state index in [9.17, 15) is 4.79 Å². The summed E-state index contributed by atoms with van der Waals surface area (Å²) in [6, 6.07) is 10.5. The third kappa shape index (κ3) is 4.45. The third-order valence-corrected chi connectivity index (χ3v) is 3.81. The Balaban J connectivity index is 1.92. The SMILES string of the molecule is CC(C)(C)OC(=O)N1CCN([C@H](CN)c2ccccc2)CC1. The second-order valence-electron chi connectivity index (χ2n) is 6.67. The van der Waals surface area contributed by atoms with Crippen LogP contribution in [-0.2, 0) is 4.74 Å². The smallest absolute Gasteiger partial charge is 0.410 e. The molecule has 1 atom stereocenters. The Labute approximate surface area is 133 Å². The van der Waals surface area contributed by atoms with E-state index in [-0.39, 0.29) is 12.1 Å². The van der Waals surface area contributed by atoms with E-state index < -0.39 is 5.60 Å². The maximum absolute atomic E-state index is 12.1. The van der Waals surface area contributed by atoms with Crippen molar-refractivity contribution in [2.45, 2.75) is 32.4 Å². The molecule has 1 aromatic rings. The van der Waals surface area contributed by atoms with Crippen molar-refractivity contribution >= 4 is 6.09 Å². The number of nitrogens with zero attached hydrogens (tertiary/aromatic N) is 2. The van der Waals surface area contributed by atoms with Crippen LogP contribution in [0.5, 0.6) is 0 Å². The van der Waals surface area contributed by atoms with Gasteiger partial charge >= 0.3 is 6.09 Å². The van der Waals surface area contributed by atoms with Crippen LogP contribution < -0.4 is 5.73 Å². The highest BCUT2D eigenvalue weighted by Crippen LogP contribution is 2.21. The van der Waals surface area contributed by atoms with Gasteiger partial charge in [0.15, 0.2) is 0 Å². The lowest BCUT2D eigenvalue weighted by Gasteiger charge is -2.39. The standard InChI is InChI=1S/C17H27N3O2/c1-17(2,3)22-16(21)20-11-9-19(10-12-20)15(13-18)14-7-5-4-6-8-14/h4-8,15H,9-13,18H2,1-3H3/t15-/m1/s1. The number of rotatable bonds is 3. The largest absolute Gasteiger partial charge is 0.444 e. The average molecular weight is 305 g/mol. The van der Waals surface area contributed by atoms with E-state index in [1.807, 2.05) is 39.0 Å². The van der Waals surface area contributed by atoms with Crippen LogP contribution in [0.15, 0.2) is 30.3 Å². The summed E-state index contributed by atoms with van der Waals surface area (Å²) in [6.45, 7) is 9.24. The van der Waals surface area contributed by atoms with Crippen LogP contribution in [0.3, 0.4) is 0 Å². The van der Waals surface area contributed by atoms with Gasteiger partial charge in [-0.25, -0.2) is 4.79 Å². The summed E-state index contributed by atoms with van der Waals surface area (Å²) >= 11 is 0. The molecule has 122 valence electrons. The minimum Gasteiger partial charge on any atom is -0.444 e. The maximum Gasteiger partial charge on any atom is 0.410 e. The molecular formula is C17H27N3O2. The molecule has 0 aromatic heterocycles. The molecule has 0 unspecified atom stereocenters. The van der Waals surface area contributed by atoms with Crippen molar-refractivity contribution in [3.8, 4) is 0 Å². The number of piperazine rings is 1. The predicted octanol–water partition coefficient (Wildman–Crippen LogP) is 2.24. The van der Waals surface area contributed by atoms with Gasteiger partial charge in [0.1, 0.15) is 5.60 Å². The van der Waals surface area contributed by atoms with Crippen LogP contribution in [0.1, 0.15) is 32.4 Å². The minimum atomic E-state index is -0.446. The number of hydrogen-bond donors (Lipinski definition) is 1. The molecule has 5 nitrogen and oxygen atoms in total. The fourth-order valence-electron chi connectivity index (χ4n) is 2.71. The van der Waals surface area contributed by atoms with Gasteiger partial charge in [-0.05, 0) is 26.3 Å². The van der Waals surface area contributed by atoms with Crippen LogP contribution in [0.4, 0.5) is 4.79 Å². The molecule has 2 rings (SSSR count). The molecular weight excluding hydrogens is 278 g/mol. The number of benzene rings is 1. The first-order valence-corrected chi connectivity index (χ1v) is 7.87. The second kappa shape index (κ2) is 7.11. The number of hydrogen-bond acceptors (Lipinski definition) is 4. The summed E-state index contributed by atoms with van der Waals surface area (Å²) in [4.78, 5) is 16.2. The minimum absolute atomic E-state index is 0.210. The Morgan fingerprint density at radius 2 is 1.77 bits per heavy atom. The van der Waals surface area contributed by atoms with Gasteiger partial charge in [0, 0.05) is 38.8 Å². The van der Waals surface area contributed by atoms with E-state index in [1.54, 1.807) is 4.90 Å². The van der Waals surface area contributed by atoms with Crippen molar-refractivity contribution in [3.63, 3.8) is 0 Å². The molecule has 22 heavy (non-hydrogen) atoms. The predicted molar refractivity (Wildman–Crippen MR) is 87.6 cm³/mol. The molecule has 1 saturated heterocycles. The van der Waals surface area contributed by atoms with Gasteiger partial charge in [-0.1, -0.05) is 30.3 Å². The molecule has 0 spiro atoms. The fourth-order valence-corrected chi connectivity index (χ4v) is 2.71. The van der Waals surface area contributed by atoms with Crippen LogP contribution >= 0.6 is 0 Å². The Hall–Kier alpha value is -1.59. The molecule has 0 saturated carbocycles. The van der Waals surface area contributed by atoms with Crippen LogP contribution in [0.2, 0.25) is 0 Å². The number of ether oxygens (including phenoxy) is 1. The summed E-state index contributed by atoms with van der Waals surface area (Å²) in [7, 11) is 0. The Kier molecular flexibility index (Phi) is 5.42. The zero-order chi connectivity index (χ0) is 16.2. The van der Waals surface area contributed by atoms with Crippen molar-refractivity contribution in [3.05, 3.63) is 35.9 Å². The fraction of sp³-hybridized carbons (Fsp3) is 0.588. The Morgan fingerprint density at radius 3 is 2.27 bits per heavy atom. The summed E-state index contributed by atoms with van der Waals surface area (Å²) < 4.78 is 5.43. The highest BCUT2D eigenvalue weighted by Gasteiger charge is 2.28. The molecule has 2 N–H and O–H groups in total. The highest BCUT2D eigenvalue weighted by molar-refractivity contribution is 5.68. The molecule has 1 heterocycles. The maximum atomic E-state index is 12.1. The second-order valence-corrected chi connectivity index (χ2v) is 6.67. The lowest BCUT2D eigenvalue weighted by molar-refractivity contribution is 0.0106. The molecule has 5 heteroatoms. The first kappa shape index (κ1) is 16.8. The number of amides is 1. The zero-order valence-electron chi connectivity index (χ0n) is 13.8. The van der Waals surface area contributed by atoms with Gasteiger partial charge in [0.05, 0.1) is 0 Å². The van der Waals surface area contributed by atoms with Gasteiger partial charge in [-0.2, -0.15) is 0 Å². The molecule has 1 fully saturated rings. The number of carbonyl (C=O) groups excluding carboxylic acids is 1. The topological polar surface area (TPSA) is 58.8 Å². The van der Waals surface area contributed by atoms with Crippen molar-refractivity contribution in [2.75, 3.05) is 32.7 Å². The first-order valence-electron chi connectivity index (χ1n) is 7.87. The highest BCUT2D eigenvalue weighted by atomic mass is 16.6. The van der Waals surface area contributed by atoms with Gasteiger partial charge < -0.3 is 15.4 Å². The molecule has 1 aromatic carbocycles. The molecule has 0 radical (unpaired) electrons. The van der Waals surface area contributed by atoms with Gasteiger partial charge in [-0.3, -0.25) is 4.90 Å². The van der Waals surface area contributed by atoms with Gasteiger partial charge in [0.2, 0.25) is 0 Å². The van der Waals surface area contributed by atoms with E-state index in [0.29, 0.717) is 19.6 Å². The number of nitrogens with two attached hydrogens (primary N) is 1. The van der Waals surface area contributed by atoms with E-state index in [1.165, 1.54) is 5.56 Å². The van der Waals surface area contributed by atoms with Crippen molar-refractivity contribution in [1.29, 1.82) is 0 Å². The van der Waals surface area contributed by atoms with E-state index in [2.05, 4.69) is 17.0 Å². The van der Waals surface area contributed by atoms with Crippen molar-refractivity contribution in [2.24, 2.45) is 5.73 Å². The number of carbonyl (C=O) groups is 1. The Morgan fingerprint density at radius 1 is 1.18 bits per heavy atom. The van der Waals surface area contributed by atoms with Crippen LogP contribution in [0, 0.1) is 0 Å². The van der Waals surface area contributed by atoms with E-state index >= 15 is 0 Å².